The molecule has 3 fully saturated rings. The summed E-state index contributed by atoms with van der Waals surface area (Å²) >= 11 is 16.2. The number of aromatic hydroxyl groups is 1. The SMILES string of the molecule is COc1ccc([C@@]23C(=O)N(Nc4ccc(Cl)cc4Cl)C(=O)[C@@H]2C[C@@H]2C(=CC[C@@H]4C(=O)N(c5cc([N+](=O)[O-])c(N(C)C)c([N+](=O)[O-])c5)C(=O)[C@@H]42)[C@@H]3c2cc(Br)cc(OC)c2O)cc1. The summed E-state index contributed by atoms with van der Waals surface area (Å²) < 4.78 is 11.5. The number of phenolic OH excluding ortho intramolecular Hbond substituents is 1. The van der Waals surface area contributed by atoms with Crippen LogP contribution in [0, 0.1) is 43.9 Å². The van der Waals surface area contributed by atoms with Crippen molar-refractivity contribution < 1.29 is 43.6 Å². The van der Waals surface area contributed by atoms with E-state index >= 15 is 9.59 Å². The van der Waals surface area contributed by atoms with Crippen molar-refractivity contribution in [2.45, 2.75) is 24.2 Å². The molecule has 4 aromatic carbocycles. The predicted molar refractivity (Wildman–Crippen MR) is 230 cm³/mol. The number of hydrogen-bond donors (Lipinski definition) is 2. The highest BCUT2D eigenvalue weighted by atomic mass is 79.9. The van der Waals surface area contributed by atoms with E-state index in [1.165, 1.54) is 57.5 Å². The number of allylic oxidation sites excluding steroid dienone is 2. The number of carbonyl (C=O) groups is 4. The van der Waals surface area contributed by atoms with E-state index in [0.717, 1.165) is 22.0 Å². The second-order valence-corrected chi connectivity index (χ2v) is 17.3. The average molecular weight is 951 g/mol. The van der Waals surface area contributed by atoms with Crippen LogP contribution in [0.25, 0.3) is 0 Å². The lowest BCUT2D eigenvalue weighted by molar-refractivity contribution is -0.392. The molecule has 0 radical (unpaired) electrons. The third kappa shape index (κ3) is 6.33. The summed E-state index contributed by atoms with van der Waals surface area (Å²) in [5.74, 6) is -8.50. The number of phenols is 1. The van der Waals surface area contributed by atoms with Gasteiger partial charge >= 0.3 is 11.4 Å². The van der Waals surface area contributed by atoms with Crippen LogP contribution in [-0.4, -0.2) is 71.9 Å². The minimum atomic E-state index is -1.83. The average Bonchev–Trinajstić information content (AvgIpc) is 3.62. The Hall–Kier alpha value is -6.24. The molecule has 0 spiro atoms. The molecular formula is C42H35BrCl2N6O11. The van der Waals surface area contributed by atoms with Crippen LogP contribution >= 0.6 is 39.1 Å². The maximum atomic E-state index is 15.6. The number of nitrogens with zero attached hydrogens (tertiary/aromatic N) is 5. The zero-order valence-corrected chi connectivity index (χ0v) is 36.2. The smallest absolute Gasteiger partial charge is 0.301 e. The normalized spacial score (nSPS) is 24.0. The highest BCUT2D eigenvalue weighted by Crippen LogP contribution is 2.66. The molecule has 8 rings (SSSR count). The second kappa shape index (κ2) is 15.6. The van der Waals surface area contributed by atoms with E-state index < -0.39 is 79.9 Å². The van der Waals surface area contributed by atoms with Gasteiger partial charge in [-0.3, -0.25) is 44.8 Å². The highest BCUT2D eigenvalue weighted by Gasteiger charge is 2.71. The second-order valence-electron chi connectivity index (χ2n) is 15.5. The fourth-order valence-corrected chi connectivity index (χ4v) is 10.8. The number of rotatable bonds is 10. The van der Waals surface area contributed by atoms with Crippen LogP contribution < -0.4 is 24.7 Å². The Morgan fingerprint density at radius 3 is 2.13 bits per heavy atom. The van der Waals surface area contributed by atoms with Gasteiger partial charge in [0.15, 0.2) is 17.2 Å². The van der Waals surface area contributed by atoms with E-state index in [1.54, 1.807) is 36.4 Å². The van der Waals surface area contributed by atoms with Crippen LogP contribution in [0.1, 0.15) is 29.9 Å². The van der Waals surface area contributed by atoms with E-state index in [9.17, 15) is 34.9 Å². The number of nitro groups is 2. The number of carbonyl (C=O) groups excluding carboxylic acids is 4. The van der Waals surface area contributed by atoms with E-state index in [4.69, 9.17) is 32.7 Å². The van der Waals surface area contributed by atoms with E-state index in [1.807, 2.05) is 0 Å². The van der Waals surface area contributed by atoms with Crippen LogP contribution in [0.2, 0.25) is 10.0 Å². The number of anilines is 3. The standard InChI is InChI=1S/C42H35BrCl2N6O11/c1-47(2)36-31(50(57)58)16-22(17-32(36)51(59)60)48-38(53)25-11-10-24-26(34(25)40(48)55)18-28-39(54)49(46-30-12-7-21(44)15-29(30)45)41(56)42(28,19-5-8-23(61-3)9-6-19)35(24)27-13-20(43)14-33(62-4)37(27)52/h5-10,12-17,25-26,28,34-35,46,52H,11,18H2,1-4H3/t25-,26+,28-,34-,35+,42+/m0/s1. The van der Waals surface area contributed by atoms with Gasteiger partial charge in [0.1, 0.15) is 5.75 Å². The summed E-state index contributed by atoms with van der Waals surface area (Å²) in [7, 11) is 5.61. The molecular weight excluding hydrogens is 915 g/mol. The molecule has 0 unspecified atom stereocenters. The lowest BCUT2D eigenvalue weighted by atomic mass is 9.49. The topological polar surface area (TPSA) is 215 Å². The Morgan fingerprint density at radius 2 is 1.55 bits per heavy atom. The quantitative estimate of drug-likeness (QED) is 0.0681. The fourth-order valence-electron chi connectivity index (χ4n) is 9.87. The summed E-state index contributed by atoms with van der Waals surface area (Å²) in [6.45, 7) is 0. The summed E-state index contributed by atoms with van der Waals surface area (Å²) in [6.07, 6.45) is 1.52. The van der Waals surface area contributed by atoms with Gasteiger partial charge in [-0.05, 0) is 66.8 Å². The Balaban J connectivity index is 1.35. The first-order chi connectivity index (χ1) is 29.4. The highest BCUT2D eigenvalue weighted by molar-refractivity contribution is 9.10. The maximum absolute atomic E-state index is 15.6. The first-order valence-electron chi connectivity index (χ1n) is 19.0. The van der Waals surface area contributed by atoms with Gasteiger partial charge in [0.2, 0.25) is 11.8 Å². The number of nitro benzene ring substituents is 2. The minimum Gasteiger partial charge on any atom is -0.504 e. The fraction of sp³-hybridized carbons (Fsp3) is 0.286. The van der Waals surface area contributed by atoms with Crippen molar-refractivity contribution in [3.63, 3.8) is 0 Å². The third-order valence-electron chi connectivity index (χ3n) is 12.3. The van der Waals surface area contributed by atoms with Crippen LogP contribution in [0.15, 0.2) is 82.9 Å². The molecule has 4 aromatic rings. The lowest BCUT2D eigenvalue weighted by Crippen LogP contribution is -2.53. The number of methoxy groups -OCH3 is 2. The van der Waals surface area contributed by atoms with Gasteiger partial charge in [0.05, 0.1) is 63.6 Å². The molecule has 0 aromatic heterocycles. The molecule has 2 heterocycles. The molecule has 4 aliphatic rings. The third-order valence-corrected chi connectivity index (χ3v) is 13.3. The van der Waals surface area contributed by atoms with E-state index in [-0.39, 0.29) is 52.0 Å². The summed E-state index contributed by atoms with van der Waals surface area (Å²) in [5, 5.41) is 37.9. The number of hydrazine groups is 1. The lowest BCUT2D eigenvalue weighted by Gasteiger charge is -2.50. The molecule has 2 aliphatic heterocycles. The molecule has 20 heteroatoms. The monoisotopic (exact) mass is 948 g/mol. The summed E-state index contributed by atoms with van der Waals surface area (Å²) in [4.78, 5) is 84.9. The molecule has 62 heavy (non-hydrogen) atoms. The number of halogens is 3. The maximum Gasteiger partial charge on any atom is 0.301 e. The number of hydrogen-bond acceptors (Lipinski definition) is 13. The van der Waals surface area contributed by atoms with Crippen LogP contribution in [0.5, 0.6) is 17.2 Å². The molecule has 2 saturated heterocycles. The first kappa shape index (κ1) is 42.5. The molecule has 6 atom stereocenters. The van der Waals surface area contributed by atoms with Crippen molar-refractivity contribution in [3.05, 3.63) is 124 Å². The van der Waals surface area contributed by atoms with Crippen molar-refractivity contribution in [1.82, 2.24) is 5.01 Å². The zero-order chi connectivity index (χ0) is 44.7. The van der Waals surface area contributed by atoms with Gasteiger partial charge in [0.25, 0.3) is 11.8 Å². The minimum absolute atomic E-state index is 0.0366. The van der Waals surface area contributed by atoms with E-state index in [2.05, 4.69) is 21.4 Å². The van der Waals surface area contributed by atoms with Crippen molar-refractivity contribution in [2.75, 3.05) is 43.5 Å². The molecule has 320 valence electrons. The molecule has 4 amide bonds. The van der Waals surface area contributed by atoms with Crippen molar-refractivity contribution in [1.29, 1.82) is 0 Å². The number of imide groups is 2. The van der Waals surface area contributed by atoms with Gasteiger partial charge in [-0.2, -0.15) is 5.01 Å². The number of nitrogens with one attached hydrogen (secondary N) is 1. The first-order valence-corrected chi connectivity index (χ1v) is 20.5. The largest absolute Gasteiger partial charge is 0.504 e. The van der Waals surface area contributed by atoms with Crippen molar-refractivity contribution in [2.24, 2.45) is 23.7 Å². The number of amides is 4. The Morgan fingerprint density at radius 1 is 0.887 bits per heavy atom. The zero-order valence-electron chi connectivity index (χ0n) is 33.1. The Labute approximate surface area is 371 Å². The number of benzene rings is 4. The van der Waals surface area contributed by atoms with Crippen LogP contribution in [0.3, 0.4) is 0 Å². The molecule has 17 nitrogen and oxygen atoms in total. The summed E-state index contributed by atoms with van der Waals surface area (Å²) in [5.41, 5.74) is 0.158. The number of ether oxygens (including phenoxy) is 2. The Kier molecular flexibility index (Phi) is 10.7. The predicted octanol–water partition coefficient (Wildman–Crippen LogP) is 7.55. The Bertz CT molecular complexity index is 2640. The van der Waals surface area contributed by atoms with Gasteiger partial charge in [-0.15, -0.1) is 0 Å². The van der Waals surface area contributed by atoms with Gasteiger partial charge < -0.3 is 19.5 Å². The van der Waals surface area contributed by atoms with E-state index in [0.29, 0.717) is 26.4 Å². The molecule has 2 aliphatic carbocycles. The van der Waals surface area contributed by atoms with Crippen LogP contribution in [-0.2, 0) is 24.6 Å². The van der Waals surface area contributed by atoms with Gasteiger partial charge in [0, 0.05) is 47.2 Å². The van der Waals surface area contributed by atoms with Gasteiger partial charge in [-0.1, -0.05) is 62.9 Å². The van der Waals surface area contributed by atoms with Crippen LogP contribution in [0.4, 0.5) is 28.4 Å². The van der Waals surface area contributed by atoms with Crippen molar-refractivity contribution in [3.8, 4) is 17.2 Å². The summed E-state index contributed by atoms with van der Waals surface area (Å²) in [6, 6.07) is 16.1. The molecule has 2 N–H and O–H groups in total. The molecule has 1 saturated carbocycles. The molecule has 0 bridgehead atoms. The number of fused-ring (bicyclic) bond motifs is 4. The van der Waals surface area contributed by atoms with Gasteiger partial charge in [-0.25, -0.2) is 4.90 Å². The van der Waals surface area contributed by atoms with Crippen molar-refractivity contribution >= 4 is 91.2 Å².